The maximum Gasteiger partial charge on any atom is 0.0637 e. The van der Waals surface area contributed by atoms with Crippen LogP contribution in [0.5, 0.6) is 0 Å². The molecular formula is C11H21N. The van der Waals surface area contributed by atoms with Crippen LogP contribution in [0.4, 0.5) is 0 Å². The molecule has 0 heterocycles. The molecule has 1 heteroatoms. The molecule has 2 aliphatic carbocycles. The highest BCUT2D eigenvalue weighted by atomic mass is 15.2. The van der Waals surface area contributed by atoms with E-state index in [1.165, 1.54) is 51.4 Å². The highest BCUT2D eigenvalue weighted by molar-refractivity contribution is 4.71. The zero-order valence-electron chi connectivity index (χ0n) is 8.02. The van der Waals surface area contributed by atoms with Crippen molar-refractivity contribution in [2.75, 3.05) is 0 Å². The third kappa shape index (κ3) is 1.66. The molecule has 0 aliphatic heterocycles. The van der Waals surface area contributed by atoms with Gasteiger partial charge in [0.15, 0.2) is 0 Å². The first-order chi connectivity index (χ1) is 5.88. The standard InChI is InChI=1S/C11H21N/c1-12(10-6-2-3-7-10)11-8-4-5-9-11/h10-12H,1-9H2. The number of hydrogen-bond donors (Lipinski definition) is 1. The largest absolute Gasteiger partial charge is 0.463 e. The van der Waals surface area contributed by atoms with Gasteiger partial charge in [-0.15, -0.1) is 0 Å². The van der Waals surface area contributed by atoms with E-state index in [1.54, 1.807) is 4.90 Å². The van der Waals surface area contributed by atoms with E-state index in [0.717, 1.165) is 12.1 Å². The maximum absolute atomic E-state index is 4.32. The Kier molecular flexibility index (Phi) is 2.69. The van der Waals surface area contributed by atoms with Crippen molar-refractivity contribution in [3.8, 4) is 0 Å². The fourth-order valence-corrected chi connectivity index (χ4v) is 2.93. The summed E-state index contributed by atoms with van der Waals surface area (Å²) in [7, 11) is 4.32. The van der Waals surface area contributed by atoms with E-state index >= 15 is 0 Å². The van der Waals surface area contributed by atoms with E-state index in [2.05, 4.69) is 7.05 Å². The van der Waals surface area contributed by atoms with Crippen LogP contribution in [0.25, 0.3) is 0 Å². The van der Waals surface area contributed by atoms with Gasteiger partial charge in [-0.05, 0) is 51.4 Å². The quantitative estimate of drug-likeness (QED) is 0.595. The van der Waals surface area contributed by atoms with Crippen molar-refractivity contribution in [2.45, 2.75) is 63.5 Å². The summed E-state index contributed by atoms with van der Waals surface area (Å²) >= 11 is 0. The Labute approximate surface area is 76.1 Å². The number of quaternary nitrogens is 1. The third-order valence-electron chi connectivity index (χ3n) is 3.76. The first-order valence-corrected chi connectivity index (χ1v) is 5.56. The van der Waals surface area contributed by atoms with Crippen LogP contribution in [0, 0.1) is 7.05 Å². The zero-order valence-corrected chi connectivity index (χ0v) is 8.02. The molecule has 2 fully saturated rings. The van der Waals surface area contributed by atoms with Gasteiger partial charge in [-0.2, -0.15) is 7.05 Å². The van der Waals surface area contributed by atoms with Crippen LogP contribution in [0.3, 0.4) is 0 Å². The minimum Gasteiger partial charge on any atom is -0.463 e. The van der Waals surface area contributed by atoms with Crippen LogP contribution in [0.2, 0.25) is 0 Å². The van der Waals surface area contributed by atoms with Crippen molar-refractivity contribution in [3.63, 3.8) is 0 Å². The monoisotopic (exact) mass is 167 g/mol. The lowest BCUT2D eigenvalue weighted by atomic mass is 10.1. The summed E-state index contributed by atoms with van der Waals surface area (Å²) in [5.74, 6) is 0. The zero-order chi connectivity index (χ0) is 8.39. The molecule has 0 unspecified atom stereocenters. The Balaban J connectivity index is 1.84. The predicted molar refractivity (Wildman–Crippen MR) is 50.8 cm³/mol. The molecule has 0 amide bonds. The van der Waals surface area contributed by atoms with Gasteiger partial charge >= 0.3 is 0 Å². The molecule has 12 heavy (non-hydrogen) atoms. The van der Waals surface area contributed by atoms with Gasteiger partial charge in [-0.1, -0.05) is 0 Å². The molecule has 0 atom stereocenters. The Hall–Kier alpha value is -0.0400. The topological polar surface area (TPSA) is 4.44 Å². The fraction of sp³-hybridized carbons (Fsp3) is 0.909. The van der Waals surface area contributed by atoms with Crippen molar-refractivity contribution in [1.82, 2.24) is 0 Å². The van der Waals surface area contributed by atoms with Crippen LogP contribution < -0.4 is 4.90 Å². The van der Waals surface area contributed by atoms with Gasteiger partial charge in [0.05, 0.1) is 12.1 Å². The number of nitrogens with one attached hydrogen (secondary N) is 1. The van der Waals surface area contributed by atoms with E-state index in [-0.39, 0.29) is 0 Å². The van der Waals surface area contributed by atoms with Gasteiger partial charge in [0, 0.05) is 0 Å². The average Bonchev–Trinajstić information content (AvgIpc) is 2.77. The van der Waals surface area contributed by atoms with Crippen molar-refractivity contribution in [1.29, 1.82) is 0 Å². The second-order valence-electron chi connectivity index (χ2n) is 4.54. The molecule has 0 radical (unpaired) electrons. The lowest BCUT2D eigenvalue weighted by Crippen LogP contribution is -3.14. The molecule has 2 saturated carbocycles. The molecule has 1 nitrogen and oxygen atoms in total. The predicted octanol–water partition coefficient (Wildman–Crippen LogP) is 1.55. The molecule has 0 saturated heterocycles. The second-order valence-corrected chi connectivity index (χ2v) is 4.54. The molecule has 0 aromatic carbocycles. The van der Waals surface area contributed by atoms with Crippen molar-refractivity contribution < 1.29 is 4.90 Å². The van der Waals surface area contributed by atoms with E-state index in [1.807, 2.05) is 0 Å². The second kappa shape index (κ2) is 3.78. The lowest BCUT2D eigenvalue weighted by molar-refractivity contribution is -0.905. The van der Waals surface area contributed by atoms with Crippen molar-refractivity contribution >= 4 is 0 Å². The average molecular weight is 167 g/mol. The first-order valence-electron chi connectivity index (χ1n) is 5.56. The van der Waals surface area contributed by atoms with Gasteiger partial charge in [-0.25, -0.2) is 0 Å². The smallest absolute Gasteiger partial charge is 0.0637 e. The van der Waals surface area contributed by atoms with Crippen LogP contribution >= 0.6 is 0 Å². The molecule has 0 aromatic heterocycles. The van der Waals surface area contributed by atoms with Crippen molar-refractivity contribution in [2.24, 2.45) is 0 Å². The summed E-state index contributed by atoms with van der Waals surface area (Å²) in [5, 5.41) is 0. The lowest BCUT2D eigenvalue weighted by Gasteiger charge is -2.33. The molecular weight excluding hydrogens is 146 g/mol. The molecule has 1 N–H and O–H groups in total. The fourth-order valence-electron chi connectivity index (χ4n) is 2.93. The van der Waals surface area contributed by atoms with E-state index in [0.29, 0.717) is 0 Å². The maximum atomic E-state index is 4.32. The van der Waals surface area contributed by atoms with Crippen LogP contribution in [-0.4, -0.2) is 12.1 Å². The van der Waals surface area contributed by atoms with Gasteiger partial charge in [-0.3, -0.25) is 0 Å². The van der Waals surface area contributed by atoms with Gasteiger partial charge < -0.3 is 4.90 Å². The Morgan fingerprint density at radius 3 is 1.42 bits per heavy atom. The minimum absolute atomic E-state index is 0.910. The molecule has 0 bridgehead atoms. The minimum atomic E-state index is 0.910. The van der Waals surface area contributed by atoms with E-state index < -0.39 is 0 Å². The number of rotatable bonds is 2. The van der Waals surface area contributed by atoms with Gasteiger partial charge in [0.2, 0.25) is 0 Å². The van der Waals surface area contributed by atoms with Crippen LogP contribution in [0.1, 0.15) is 51.4 Å². The first kappa shape index (κ1) is 8.55. The Morgan fingerprint density at radius 2 is 1.08 bits per heavy atom. The molecule has 2 rings (SSSR count). The summed E-state index contributed by atoms with van der Waals surface area (Å²) in [6.45, 7) is 0. The van der Waals surface area contributed by atoms with Crippen LogP contribution in [0.15, 0.2) is 0 Å². The normalized spacial score (nSPS) is 27.5. The van der Waals surface area contributed by atoms with Crippen LogP contribution in [-0.2, 0) is 0 Å². The van der Waals surface area contributed by atoms with E-state index in [4.69, 9.17) is 0 Å². The summed E-state index contributed by atoms with van der Waals surface area (Å²) < 4.78 is 0. The van der Waals surface area contributed by atoms with E-state index in [9.17, 15) is 0 Å². The summed E-state index contributed by atoms with van der Waals surface area (Å²) in [4.78, 5) is 1.62. The van der Waals surface area contributed by atoms with Crippen molar-refractivity contribution in [3.05, 3.63) is 7.05 Å². The SMILES string of the molecule is [CH2-][NH+](C1CCCC1)C1CCCC1. The molecule has 70 valence electrons. The highest BCUT2D eigenvalue weighted by Crippen LogP contribution is 2.19. The summed E-state index contributed by atoms with van der Waals surface area (Å²) in [6.07, 6.45) is 11.6. The Morgan fingerprint density at radius 1 is 0.750 bits per heavy atom. The third-order valence-corrected chi connectivity index (χ3v) is 3.76. The number of hydrogen-bond acceptors (Lipinski definition) is 0. The molecule has 0 spiro atoms. The molecule has 2 aliphatic rings. The summed E-state index contributed by atoms with van der Waals surface area (Å²) in [6, 6.07) is 1.82. The highest BCUT2D eigenvalue weighted by Gasteiger charge is 2.27. The molecule has 0 aromatic rings. The van der Waals surface area contributed by atoms with Gasteiger partial charge in [0.25, 0.3) is 0 Å². The van der Waals surface area contributed by atoms with Gasteiger partial charge in [0.1, 0.15) is 0 Å². The summed E-state index contributed by atoms with van der Waals surface area (Å²) in [5.41, 5.74) is 0. The Bertz CT molecular complexity index is 116.